The molecule has 0 aromatic heterocycles. The van der Waals surface area contributed by atoms with Crippen molar-refractivity contribution in [2.75, 3.05) is 26.2 Å². The largest absolute Gasteiger partial charge is 0.487 e. The maximum atomic E-state index is 13.0. The highest BCUT2D eigenvalue weighted by Gasteiger charge is 2.45. The van der Waals surface area contributed by atoms with Gasteiger partial charge >= 0.3 is 6.09 Å². The monoisotopic (exact) mass is 426 g/mol. The molecule has 31 heavy (non-hydrogen) atoms. The van der Waals surface area contributed by atoms with E-state index in [1.54, 1.807) is 4.90 Å². The average molecular weight is 427 g/mol. The van der Waals surface area contributed by atoms with Crippen molar-refractivity contribution in [3.05, 3.63) is 34.9 Å². The Morgan fingerprint density at radius 1 is 1.26 bits per heavy atom. The number of allylic oxidation sites excluding steroid dienone is 2. The molecule has 1 fully saturated rings. The number of amides is 1. The molecule has 4 rings (SSSR count). The molecule has 1 amide bonds. The lowest BCUT2D eigenvalue weighted by atomic mass is 9.68. The molecule has 1 aromatic rings. The summed E-state index contributed by atoms with van der Waals surface area (Å²) in [6, 6.07) is 4.30. The van der Waals surface area contributed by atoms with Gasteiger partial charge in [-0.2, -0.15) is 0 Å². The summed E-state index contributed by atoms with van der Waals surface area (Å²) < 4.78 is 12.7. The first-order valence-electron chi connectivity index (χ1n) is 12.1. The third kappa shape index (κ3) is 4.77. The summed E-state index contributed by atoms with van der Waals surface area (Å²) in [7, 11) is 0. The number of rotatable bonds is 5. The highest BCUT2D eigenvalue weighted by atomic mass is 16.6. The second-order valence-electron chi connectivity index (χ2n) is 9.96. The minimum absolute atomic E-state index is 0.225. The van der Waals surface area contributed by atoms with Gasteiger partial charge in [-0.15, -0.1) is 0 Å². The first-order valence-corrected chi connectivity index (χ1v) is 12.1. The van der Waals surface area contributed by atoms with Gasteiger partial charge in [-0.25, -0.2) is 4.79 Å². The quantitative estimate of drug-likeness (QED) is 0.503. The Morgan fingerprint density at radius 2 is 2.03 bits per heavy atom. The molecule has 0 saturated carbocycles. The van der Waals surface area contributed by atoms with Gasteiger partial charge in [0.2, 0.25) is 0 Å². The number of piperazine rings is 1. The van der Waals surface area contributed by atoms with E-state index in [-0.39, 0.29) is 17.6 Å². The second kappa shape index (κ2) is 9.23. The lowest BCUT2D eigenvalue weighted by molar-refractivity contribution is 0.0107. The smallest absolute Gasteiger partial charge is 0.415 e. The maximum absolute atomic E-state index is 13.0. The highest BCUT2D eigenvalue weighted by molar-refractivity contribution is 5.72. The van der Waals surface area contributed by atoms with Crippen molar-refractivity contribution in [1.29, 1.82) is 0 Å². The normalized spacial score (nSPS) is 24.5. The van der Waals surface area contributed by atoms with Crippen LogP contribution in [-0.4, -0.2) is 42.8 Å². The summed E-state index contributed by atoms with van der Waals surface area (Å²) in [5.74, 6) is 2.20. The topological polar surface area (TPSA) is 50.8 Å². The Hall–Kier alpha value is -2.01. The Bertz CT molecular complexity index is 839. The number of aryl methyl sites for hydroxylation is 1. The number of hydrogen-bond donors (Lipinski definition) is 1. The van der Waals surface area contributed by atoms with Crippen LogP contribution in [0.1, 0.15) is 76.8 Å². The Kier molecular flexibility index (Phi) is 6.61. The maximum Gasteiger partial charge on any atom is 0.415 e. The zero-order valence-electron chi connectivity index (χ0n) is 19.6. The number of carbonyl (C=O) groups is 1. The number of nitrogens with one attached hydrogen (secondary N) is 1. The van der Waals surface area contributed by atoms with Crippen LogP contribution >= 0.6 is 0 Å². The van der Waals surface area contributed by atoms with E-state index in [2.05, 4.69) is 51.2 Å². The molecule has 1 aromatic carbocycles. The predicted molar refractivity (Wildman–Crippen MR) is 124 cm³/mol. The minimum atomic E-state index is -0.243. The number of ether oxygens (including phenoxy) is 2. The minimum Gasteiger partial charge on any atom is -0.487 e. The fraction of sp³-hybridized carbons (Fsp3) is 0.654. The van der Waals surface area contributed by atoms with E-state index in [9.17, 15) is 4.79 Å². The summed E-state index contributed by atoms with van der Waals surface area (Å²) in [5, 5.41) is 3.30. The Balaban J connectivity index is 1.72. The molecule has 5 nitrogen and oxygen atoms in total. The zero-order chi connectivity index (χ0) is 22.0. The number of fused-ring (bicyclic) bond motifs is 3. The van der Waals surface area contributed by atoms with Crippen LogP contribution in [0.25, 0.3) is 0 Å². The molecule has 2 aliphatic heterocycles. The molecule has 0 bridgehead atoms. The van der Waals surface area contributed by atoms with Crippen molar-refractivity contribution in [3.63, 3.8) is 0 Å². The molecule has 0 spiro atoms. The van der Waals surface area contributed by atoms with Crippen LogP contribution in [0.3, 0.4) is 0 Å². The van der Waals surface area contributed by atoms with Gasteiger partial charge in [-0.3, -0.25) is 0 Å². The van der Waals surface area contributed by atoms with E-state index < -0.39 is 0 Å². The fourth-order valence-electron chi connectivity index (χ4n) is 5.37. The Labute approximate surface area is 187 Å². The molecule has 1 aliphatic carbocycles. The van der Waals surface area contributed by atoms with Crippen LogP contribution in [0.4, 0.5) is 4.79 Å². The van der Waals surface area contributed by atoms with Gasteiger partial charge in [0.05, 0.1) is 0 Å². The SMILES string of the molecule is CCCCCc1cc(OC(=O)N2CCNCC2)c2c(c1)OC(C)(C)[C@@H]1CCC(C)=C[C@@H]21. The van der Waals surface area contributed by atoms with Crippen molar-refractivity contribution >= 4 is 6.09 Å². The van der Waals surface area contributed by atoms with Crippen LogP contribution < -0.4 is 14.8 Å². The summed E-state index contributed by atoms with van der Waals surface area (Å²) in [5.41, 5.74) is 3.43. The van der Waals surface area contributed by atoms with Crippen molar-refractivity contribution in [2.24, 2.45) is 5.92 Å². The predicted octanol–water partition coefficient (Wildman–Crippen LogP) is 5.43. The van der Waals surface area contributed by atoms with Gasteiger partial charge in [-0.1, -0.05) is 31.4 Å². The third-order valence-electron chi connectivity index (χ3n) is 7.15. The number of nitrogens with zero attached hydrogens (tertiary/aromatic N) is 1. The van der Waals surface area contributed by atoms with E-state index in [0.717, 1.165) is 50.1 Å². The zero-order valence-corrected chi connectivity index (χ0v) is 19.6. The molecule has 170 valence electrons. The van der Waals surface area contributed by atoms with E-state index in [0.29, 0.717) is 24.8 Å². The van der Waals surface area contributed by atoms with Crippen LogP contribution in [0.5, 0.6) is 11.5 Å². The number of carbonyl (C=O) groups excluding carboxylic acids is 1. The van der Waals surface area contributed by atoms with Gasteiger partial charge in [0, 0.05) is 43.6 Å². The van der Waals surface area contributed by atoms with E-state index in [1.807, 2.05) is 0 Å². The van der Waals surface area contributed by atoms with Crippen LogP contribution in [0.15, 0.2) is 23.8 Å². The lowest BCUT2D eigenvalue weighted by Crippen LogP contribution is -2.48. The molecule has 0 unspecified atom stereocenters. The summed E-state index contributed by atoms with van der Waals surface area (Å²) in [6.45, 7) is 11.8. The lowest BCUT2D eigenvalue weighted by Gasteiger charge is -2.46. The van der Waals surface area contributed by atoms with Crippen LogP contribution in [0.2, 0.25) is 0 Å². The number of benzene rings is 1. The molecule has 0 radical (unpaired) electrons. The van der Waals surface area contributed by atoms with Crippen LogP contribution in [-0.2, 0) is 6.42 Å². The van der Waals surface area contributed by atoms with E-state index in [1.165, 1.54) is 24.0 Å². The van der Waals surface area contributed by atoms with Crippen molar-refractivity contribution in [2.45, 2.75) is 77.7 Å². The molecular formula is C26H38N2O3. The molecule has 2 heterocycles. The summed E-state index contributed by atoms with van der Waals surface area (Å²) in [6.07, 6.45) is 8.85. The van der Waals surface area contributed by atoms with E-state index in [4.69, 9.17) is 9.47 Å². The molecule has 2 atom stereocenters. The molecule has 3 aliphatic rings. The van der Waals surface area contributed by atoms with Gasteiger partial charge < -0.3 is 19.7 Å². The molecule has 5 heteroatoms. The third-order valence-corrected chi connectivity index (χ3v) is 7.15. The first-order chi connectivity index (χ1) is 14.9. The Morgan fingerprint density at radius 3 is 2.77 bits per heavy atom. The van der Waals surface area contributed by atoms with Crippen molar-refractivity contribution in [3.8, 4) is 11.5 Å². The molecule has 1 saturated heterocycles. The van der Waals surface area contributed by atoms with Gasteiger partial charge in [-0.05, 0) is 64.2 Å². The van der Waals surface area contributed by atoms with Gasteiger partial charge in [0.15, 0.2) is 0 Å². The standard InChI is InChI=1S/C26H38N2O3/c1-5-6-7-8-19-16-22(30-25(29)28-13-11-27-12-14-28)24-20-15-18(2)9-10-21(20)26(3,4)31-23(24)17-19/h15-17,20-21,27H,5-14H2,1-4H3/t20-,21-/m1/s1. The summed E-state index contributed by atoms with van der Waals surface area (Å²) >= 11 is 0. The number of hydrogen-bond acceptors (Lipinski definition) is 4. The van der Waals surface area contributed by atoms with Crippen molar-refractivity contribution in [1.82, 2.24) is 10.2 Å². The average Bonchev–Trinajstić information content (AvgIpc) is 2.73. The first kappa shape index (κ1) is 22.2. The van der Waals surface area contributed by atoms with Crippen LogP contribution in [0, 0.1) is 5.92 Å². The van der Waals surface area contributed by atoms with Gasteiger partial charge in [0.1, 0.15) is 17.1 Å². The number of unbranched alkanes of at least 4 members (excludes halogenated alkanes) is 2. The highest BCUT2D eigenvalue weighted by Crippen LogP contribution is 2.53. The summed E-state index contributed by atoms with van der Waals surface area (Å²) in [4.78, 5) is 14.8. The molecular weight excluding hydrogens is 388 g/mol. The van der Waals surface area contributed by atoms with Gasteiger partial charge in [0.25, 0.3) is 0 Å². The fourth-order valence-corrected chi connectivity index (χ4v) is 5.37. The van der Waals surface area contributed by atoms with E-state index >= 15 is 0 Å². The molecule has 1 N–H and O–H groups in total. The van der Waals surface area contributed by atoms with Crippen molar-refractivity contribution < 1.29 is 14.3 Å². The second-order valence-corrected chi connectivity index (χ2v) is 9.96.